The molecule has 1 aromatic carbocycles. The standard InChI is InChI=1S/C18H30N2O3.ClH/c1-5-8-11-23-15-10-9-14(12-16(15)22-4)17(21)20-13-18(19,6-2)7-3;/h9-10,12H,5-8,11,13,19H2,1-4H3,(H,20,21);1H. The van der Waals surface area contributed by atoms with Crippen molar-refractivity contribution >= 4 is 18.3 Å². The van der Waals surface area contributed by atoms with Gasteiger partial charge >= 0.3 is 0 Å². The number of carbonyl (C=O) groups excluding carboxylic acids is 1. The molecular weight excluding hydrogens is 328 g/mol. The van der Waals surface area contributed by atoms with Gasteiger partial charge in [0.15, 0.2) is 11.5 Å². The minimum Gasteiger partial charge on any atom is -0.493 e. The van der Waals surface area contributed by atoms with Crippen LogP contribution >= 0.6 is 12.4 Å². The van der Waals surface area contributed by atoms with Gasteiger partial charge in [-0.15, -0.1) is 12.4 Å². The number of halogens is 1. The van der Waals surface area contributed by atoms with E-state index in [1.165, 1.54) is 0 Å². The summed E-state index contributed by atoms with van der Waals surface area (Å²) in [7, 11) is 1.57. The van der Waals surface area contributed by atoms with Gasteiger partial charge in [-0.3, -0.25) is 4.79 Å². The van der Waals surface area contributed by atoms with Gasteiger partial charge in [-0.1, -0.05) is 27.2 Å². The van der Waals surface area contributed by atoms with Crippen molar-refractivity contribution in [3.05, 3.63) is 23.8 Å². The molecule has 0 saturated carbocycles. The number of carbonyl (C=O) groups is 1. The fraction of sp³-hybridized carbons (Fsp3) is 0.611. The van der Waals surface area contributed by atoms with Crippen molar-refractivity contribution < 1.29 is 14.3 Å². The Kier molecular flexibility index (Phi) is 10.5. The third kappa shape index (κ3) is 6.57. The number of ether oxygens (including phenoxy) is 2. The van der Waals surface area contributed by atoms with Gasteiger partial charge in [-0.05, 0) is 37.5 Å². The van der Waals surface area contributed by atoms with Crippen molar-refractivity contribution in [3.63, 3.8) is 0 Å². The molecular formula is C18H31ClN2O3. The van der Waals surface area contributed by atoms with Gasteiger partial charge in [0, 0.05) is 17.6 Å². The number of nitrogens with two attached hydrogens (primary N) is 1. The van der Waals surface area contributed by atoms with Gasteiger partial charge in [0.25, 0.3) is 5.91 Å². The second kappa shape index (κ2) is 11.2. The fourth-order valence-electron chi connectivity index (χ4n) is 2.11. The number of unbranched alkanes of at least 4 members (excludes halogenated alkanes) is 1. The van der Waals surface area contributed by atoms with Crippen LogP contribution in [-0.2, 0) is 0 Å². The maximum Gasteiger partial charge on any atom is 0.251 e. The van der Waals surface area contributed by atoms with Crippen molar-refractivity contribution in [2.75, 3.05) is 20.3 Å². The number of rotatable bonds is 10. The summed E-state index contributed by atoms with van der Waals surface area (Å²) in [5.41, 5.74) is 6.39. The number of amides is 1. The minimum absolute atomic E-state index is 0. The van der Waals surface area contributed by atoms with Crippen LogP contribution in [0.4, 0.5) is 0 Å². The molecule has 1 aromatic rings. The molecule has 3 N–H and O–H groups in total. The molecule has 0 bridgehead atoms. The highest BCUT2D eigenvalue weighted by Crippen LogP contribution is 2.28. The van der Waals surface area contributed by atoms with Gasteiger partial charge in [-0.25, -0.2) is 0 Å². The van der Waals surface area contributed by atoms with E-state index in [2.05, 4.69) is 12.2 Å². The van der Waals surface area contributed by atoms with Gasteiger partial charge in [-0.2, -0.15) is 0 Å². The van der Waals surface area contributed by atoms with Crippen molar-refractivity contribution in [1.29, 1.82) is 0 Å². The van der Waals surface area contributed by atoms with Crippen LogP contribution in [0, 0.1) is 0 Å². The van der Waals surface area contributed by atoms with Crippen molar-refractivity contribution in [1.82, 2.24) is 5.32 Å². The van der Waals surface area contributed by atoms with Crippen LogP contribution in [0.25, 0.3) is 0 Å². The van der Waals surface area contributed by atoms with E-state index in [9.17, 15) is 4.79 Å². The molecule has 1 rings (SSSR count). The Balaban J connectivity index is 0.00000529. The van der Waals surface area contributed by atoms with Crippen molar-refractivity contribution in [2.45, 2.75) is 52.0 Å². The van der Waals surface area contributed by atoms with Crippen LogP contribution in [0.15, 0.2) is 18.2 Å². The predicted molar refractivity (Wildman–Crippen MR) is 100 cm³/mol. The third-order valence-corrected chi connectivity index (χ3v) is 4.19. The lowest BCUT2D eigenvalue weighted by Crippen LogP contribution is -2.49. The summed E-state index contributed by atoms with van der Waals surface area (Å²) in [6, 6.07) is 5.22. The Labute approximate surface area is 151 Å². The van der Waals surface area contributed by atoms with E-state index in [0.717, 1.165) is 25.7 Å². The molecule has 6 heteroatoms. The summed E-state index contributed by atoms with van der Waals surface area (Å²) in [6.07, 6.45) is 3.69. The Morgan fingerprint density at radius 2 is 1.88 bits per heavy atom. The lowest BCUT2D eigenvalue weighted by Gasteiger charge is -2.26. The first-order chi connectivity index (χ1) is 11.0. The number of methoxy groups -OCH3 is 1. The summed E-state index contributed by atoms with van der Waals surface area (Å²) in [4.78, 5) is 12.3. The van der Waals surface area contributed by atoms with E-state index >= 15 is 0 Å². The molecule has 0 radical (unpaired) electrons. The molecule has 0 aliphatic carbocycles. The van der Waals surface area contributed by atoms with Gasteiger partial charge in [0.05, 0.1) is 13.7 Å². The Bertz CT molecular complexity index is 505. The SMILES string of the molecule is CCCCOc1ccc(C(=O)NCC(N)(CC)CC)cc1OC.Cl. The van der Waals surface area contributed by atoms with E-state index in [0.29, 0.717) is 30.2 Å². The largest absolute Gasteiger partial charge is 0.493 e. The maximum absolute atomic E-state index is 12.3. The molecule has 24 heavy (non-hydrogen) atoms. The molecule has 138 valence electrons. The van der Waals surface area contributed by atoms with E-state index in [-0.39, 0.29) is 23.9 Å². The molecule has 0 aliphatic heterocycles. The predicted octanol–water partition coefficient (Wildman–Crippen LogP) is 3.54. The average Bonchev–Trinajstić information content (AvgIpc) is 2.59. The number of nitrogens with one attached hydrogen (secondary N) is 1. The molecule has 0 atom stereocenters. The first-order valence-electron chi connectivity index (χ1n) is 8.37. The first-order valence-corrected chi connectivity index (χ1v) is 8.37. The van der Waals surface area contributed by atoms with E-state index in [1.807, 2.05) is 13.8 Å². The summed E-state index contributed by atoms with van der Waals surface area (Å²) in [5, 5.41) is 2.90. The molecule has 0 aromatic heterocycles. The van der Waals surface area contributed by atoms with E-state index < -0.39 is 0 Å². The summed E-state index contributed by atoms with van der Waals surface area (Å²) in [5.74, 6) is 1.08. The van der Waals surface area contributed by atoms with E-state index in [4.69, 9.17) is 15.2 Å². The summed E-state index contributed by atoms with van der Waals surface area (Å²) >= 11 is 0. The van der Waals surface area contributed by atoms with Gasteiger partial charge in [0.1, 0.15) is 0 Å². The number of hydrogen-bond donors (Lipinski definition) is 2. The lowest BCUT2D eigenvalue weighted by molar-refractivity contribution is 0.0941. The lowest BCUT2D eigenvalue weighted by atomic mass is 9.94. The van der Waals surface area contributed by atoms with Crippen LogP contribution in [0.1, 0.15) is 56.8 Å². The summed E-state index contributed by atoms with van der Waals surface area (Å²) in [6.45, 7) is 7.26. The highest BCUT2D eigenvalue weighted by molar-refractivity contribution is 5.94. The monoisotopic (exact) mass is 358 g/mol. The second-order valence-corrected chi connectivity index (χ2v) is 5.82. The van der Waals surface area contributed by atoms with Crippen LogP contribution in [0.3, 0.4) is 0 Å². The molecule has 0 aliphatic rings. The summed E-state index contributed by atoms with van der Waals surface area (Å²) < 4.78 is 11.0. The molecule has 0 unspecified atom stereocenters. The smallest absolute Gasteiger partial charge is 0.251 e. The molecule has 0 fully saturated rings. The van der Waals surface area contributed by atoms with Crippen LogP contribution in [0.5, 0.6) is 11.5 Å². The highest BCUT2D eigenvalue weighted by Gasteiger charge is 2.21. The molecule has 1 amide bonds. The zero-order chi connectivity index (χ0) is 17.3. The van der Waals surface area contributed by atoms with Crippen molar-refractivity contribution in [2.24, 2.45) is 5.73 Å². The topological polar surface area (TPSA) is 73.6 Å². The molecule has 0 saturated heterocycles. The van der Waals surface area contributed by atoms with Gasteiger partial charge < -0.3 is 20.5 Å². The Hall–Kier alpha value is -1.46. The van der Waals surface area contributed by atoms with E-state index in [1.54, 1.807) is 25.3 Å². The second-order valence-electron chi connectivity index (χ2n) is 5.82. The average molecular weight is 359 g/mol. The molecule has 5 nitrogen and oxygen atoms in total. The normalized spacial score (nSPS) is 10.7. The van der Waals surface area contributed by atoms with Crippen LogP contribution in [-0.4, -0.2) is 31.7 Å². The first kappa shape index (κ1) is 22.5. The highest BCUT2D eigenvalue weighted by atomic mass is 35.5. The number of hydrogen-bond acceptors (Lipinski definition) is 4. The molecule has 0 heterocycles. The Morgan fingerprint density at radius 1 is 1.21 bits per heavy atom. The Morgan fingerprint density at radius 3 is 2.42 bits per heavy atom. The minimum atomic E-state index is -0.358. The zero-order valence-electron chi connectivity index (χ0n) is 15.2. The third-order valence-electron chi connectivity index (χ3n) is 4.19. The zero-order valence-corrected chi connectivity index (χ0v) is 16.0. The van der Waals surface area contributed by atoms with Crippen molar-refractivity contribution in [3.8, 4) is 11.5 Å². The fourth-order valence-corrected chi connectivity index (χ4v) is 2.11. The molecule has 0 spiro atoms. The van der Waals surface area contributed by atoms with Crippen LogP contribution < -0.4 is 20.5 Å². The number of benzene rings is 1. The quantitative estimate of drug-likeness (QED) is 0.627. The maximum atomic E-state index is 12.3. The van der Waals surface area contributed by atoms with Crippen LogP contribution in [0.2, 0.25) is 0 Å². The van der Waals surface area contributed by atoms with Gasteiger partial charge in [0.2, 0.25) is 0 Å².